The Morgan fingerprint density at radius 2 is 2.08 bits per heavy atom. The normalized spacial score (nSPS) is 11.7. The van der Waals surface area contributed by atoms with E-state index in [1.165, 1.54) is 30.9 Å². The van der Waals surface area contributed by atoms with Crippen LogP contribution in [0.2, 0.25) is 0 Å². The zero-order valence-corrected chi connectivity index (χ0v) is 14.6. The van der Waals surface area contributed by atoms with E-state index in [-0.39, 0.29) is 12.4 Å². The number of carboxylic acid groups (broad SMARTS) is 1. The number of amides is 1. The highest BCUT2D eigenvalue weighted by atomic mass is 16.5. The van der Waals surface area contributed by atoms with Gasteiger partial charge >= 0.3 is 5.97 Å². The number of benzene rings is 1. The van der Waals surface area contributed by atoms with Gasteiger partial charge in [0.15, 0.2) is 11.3 Å². The first kappa shape index (κ1) is 17.7. The van der Waals surface area contributed by atoms with Crippen LogP contribution < -0.4 is 5.32 Å². The lowest BCUT2D eigenvalue weighted by Gasteiger charge is -2.19. The molecule has 0 aliphatic carbocycles. The molecule has 136 valence electrons. The zero-order chi connectivity index (χ0) is 18.9. The standard InChI is InChI=1S/C18H19N3O5/c1-18(2,17(23)24)21-9-11(8-19-21)20-16(22)15-13(10-25-3)12-6-4-5-7-14(12)26-15/h4-9H,10H2,1-3H3,(H,20,22)(H,23,24). The van der Waals surface area contributed by atoms with Crippen molar-refractivity contribution in [2.24, 2.45) is 0 Å². The third kappa shape index (κ3) is 3.06. The van der Waals surface area contributed by atoms with Gasteiger partial charge < -0.3 is 19.6 Å². The molecule has 0 aliphatic rings. The van der Waals surface area contributed by atoms with Crippen molar-refractivity contribution in [1.82, 2.24) is 9.78 Å². The zero-order valence-electron chi connectivity index (χ0n) is 14.6. The minimum Gasteiger partial charge on any atom is -0.479 e. The van der Waals surface area contributed by atoms with Crippen LogP contribution in [-0.2, 0) is 21.7 Å². The highest BCUT2D eigenvalue weighted by Gasteiger charge is 2.30. The number of carbonyl (C=O) groups is 2. The van der Waals surface area contributed by atoms with E-state index in [2.05, 4.69) is 10.4 Å². The molecule has 0 saturated carbocycles. The molecule has 0 aliphatic heterocycles. The maximum Gasteiger partial charge on any atom is 0.331 e. The maximum absolute atomic E-state index is 12.7. The van der Waals surface area contributed by atoms with Crippen molar-refractivity contribution in [2.75, 3.05) is 12.4 Å². The number of nitrogens with zero attached hydrogens (tertiary/aromatic N) is 2. The van der Waals surface area contributed by atoms with Crippen LogP contribution in [0.1, 0.15) is 30.0 Å². The molecule has 8 nitrogen and oxygen atoms in total. The van der Waals surface area contributed by atoms with Crippen LogP contribution in [0, 0.1) is 0 Å². The number of nitrogens with one attached hydrogen (secondary N) is 1. The van der Waals surface area contributed by atoms with E-state index in [9.17, 15) is 14.7 Å². The molecule has 2 heterocycles. The summed E-state index contributed by atoms with van der Waals surface area (Å²) in [6.07, 6.45) is 2.85. The smallest absolute Gasteiger partial charge is 0.331 e. The van der Waals surface area contributed by atoms with Gasteiger partial charge in [0.25, 0.3) is 5.91 Å². The minimum atomic E-state index is -1.23. The first-order valence-corrected chi connectivity index (χ1v) is 7.94. The summed E-state index contributed by atoms with van der Waals surface area (Å²) >= 11 is 0. The van der Waals surface area contributed by atoms with Crippen LogP contribution in [0.15, 0.2) is 41.1 Å². The molecular weight excluding hydrogens is 338 g/mol. The number of hydrogen-bond acceptors (Lipinski definition) is 5. The molecule has 3 aromatic rings. The van der Waals surface area contributed by atoms with Crippen molar-refractivity contribution in [1.29, 1.82) is 0 Å². The Balaban J connectivity index is 1.89. The number of furan rings is 1. The quantitative estimate of drug-likeness (QED) is 0.702. The van der Waals surface area contributed by atoms with Gasteiger partial charge in [-0.3, -0.25) is 9.48 Å². The van der Waals surface area contributed by atoms with Crippen molar-refractivity contribution >= 4 is 28.5 Å². The SMILES string of the molecule is COCc1c(C(=O)Nc2cnn(C(C)(C)C(=O)O)c2)oc2ccccc12. The van der Waals surface area contributed by atoms with Gasteiger partial charge in [-0.1, -0.05) is 18.2 Å². The number of anilines is 1. The highest BCUT2D eigenvalue weighted by molar-refractivity contribution is 6.06. The Morgan fingerprint density at radius 1 is 1.35 bits per heavy atom. The van der Waals surface area contributed by atoms with Crippen LogP contribution in [0.3, 0.4) is 0 Å². The van der Waals surface area contributed by atoms with Crippen molar-refractivity contribution in [3.05, 3.63) is 48.0 Å². The third-order valence-corrected chi connectivity index (χ3v) is 4.13. The fourth-order valence-corrected chi connectivity index (χ4v) is 2.55. The second kappa shape index (κ2) is 6.64. The molecule has 1 amide bonds. The molecule has 1 aromatic carbocycles. The summed E-state index contributed by atoms with van der Waals surface area (Å²) < 4.78 is 12.2. The number of aliphatic carboxylic acids is 1. The Bertz CT molecular complexity index is 970. The van der Waals surface area contributed by atoms with Gasteiger partial charge in [0, 0.05) is 24.3 Å². The van der Waals surface area contributed by atoms with E-state index in [0.717, 1.165) is 5.39 Å². The number of ether oxygens (including phenoxy) is 1. The van der Waals surface area contributed by atoms with Crippen LogP contribution in [-0.4, -0.2) is 33.9 Å². The molecule has 0 atom stereocenters. The van der Waals surface area contributed by atoms with E-state index in [4.69, 9.17) is 9.15 Å². The summed E-state index contributed by atoms with van der Waals surface area (Å²) in [5, 5.41) is 16.8. The Labute approximate surface area is 149 Å². The molecule has 2 aromatic heterocycles. The number of para-hydroxylation sites is 1. The summed E-state index contributed by atoms with van der Waals surface area (Å²) in [5.74, 6) is -1.34. The second-order valence-electron chi connectivity index (χ2n) is 6.33. The Morgan fingerprint density at radius 3 is 2.77 bits per heavy atom. The van der Waals surface area contributed by atoms with Gasteiger partial charge in [0.05, 0.1) is 18.5 Å². The predicted octanol–water partition coefficient (Wildman–Crippen LogP) is 2.85. The average Bonchev–Trinajstić information content (AvgIpc) is 3.21. The molecule has 2 N–H and O–H groups in total. The molecule has 0 unspecified atom stereocenters. The molecule has 26 heavy (non-hydrogen) atoms. The van der Waals surface area contributed by atoms with Crippen LogP contribution in [0.4, 0.5) is 5.69 Å². The second-order valence-corrected chi connectivity index (χ2v) is 6.33. The third-order valence-electron chi connectivity index (χ3n) is 4.13. The molecule has 0 saturated heterocycles. The summed E-state index contributed by atoms with van der Waals surface area (Å²) in [7, 11) is 1.54. The first-order valence-electron chi connectivity index (χ1n) is 7.94. The molecular formula is C18H19N3O5. The van der Waals surface area contributed by atoms with Crippen LogP contribution in [0.5, 0.6) is 0 Å². The largest absolute Gasteiger partial charge is 0.479 e. The summed E-state index contributed by atoms with van der Waals surface area (Å²) in [6.45, 7) is 3.26. The number of carboxylic acids is 1. The number of rotatable bonds is 6. The Kier molecular flexibility index (Phi) is 4.52. The topological polar surface area (TPSA) is 107 Å². The number of hydrogen-bond donors (Lipinski definition) is 2. The fraction of sp³-hybridized carbons (Fsp3) is 0.278. The summed E-state index contributed by atoms with van der Waals surface area (Å²) in [6, 6.07) is 7.31. The van der Waals surface area contributed by atoms with Crippen molar-refractivity contribution in [3.63, 3.8) is 0 Å². The van der Waals surface area contributed by atoms with Gasteiger partial charge in [-0.15, -0.1) is 0 Å². The van der Waals surface area contributed by atoms with Crippen LogP contribution >= 0.6 is 0 Å². The lowest BCUT2D eigenvalue weighted by molar-refractivity contribution is -0.146. The van der Waals surface area contributed by atoms with Crippen molar-refractivity contribution in [2.45, 2.75) is 26.0 Å². The molecule has 3 rings (SSSR count). The summed E-state index contributed by atoms with van der Waals surface area (Å²) in [4.78, 5) is 24.0. The van der Waals surface area contributed by atoms with E-state index < -0.39 is 17.4 Å². The van der Waals surface area contributed by atoms with Gasteiger partial charge in [-0.25, -0.2) is 4.79 Å². The van der Waals surface area contributed by atoms with Crippen molar-refractivity contribution in [3.8, 4) is 0 Å². The molecule has 0 fully saturated rings. The lowest BCUT2D eigenvalue weighted by atomic mass is 10.1. The monoisotopic (exact) mass is 357 g/mol. The first-order chi connectivity index (χ1) is 12.3. The van der Waals surface area contributed by atoms with Gasteiger partial charge in [-0.2, -0.15) is 5.10 Å². The average molecular weight is 357 g/mol. The van der Waals surface area contributed by atoms with E-state index in [1.54, 1.807) is 13.2 Å². The van der Waals surface area contributed by atoms with Crippen molar-refractivity contribution < 1.29 is 23.8 Å². The van der Waals surface area contributed by atoms with Gasteiger partial charge in [-0.05, 0) is 19.9 Å². The number of fused-ring (bicyclic) bond motifs is 1. The Hall–Kier alpha value is -3.13. The fourth-order valence-electron chi connectivity index (χ4n) is 2.55. The molecule has 8 heteroatoms. The molecule has 0 radical (unpaired) electrons. The maximum atomic E-state index is 12.7. The highest BCUT2D eigenvalue weighted by Crippen LogP contribution is 2.27. The van der Waals surface area contributed by atoms with Crippen LogP contribution in [0.25, 0.3) is 11.0 Å². The predicted molar refractivity (Wildman–Crippen MR) is 94.1 cm³/mol. The number of carbonyl (C=O) groups excluding carboxylic acids is 1. The van der Waals surface area contributed by atoms with E-state index in [1.807, 2.05) is 18.2 Å². The number of methoxy groups -OCH3 is 1. The molecule has 0 bridgehead atoms. The lowest BCUT2D eigenvalue weighted by Crippen LogP contribution is -2.35. The van der Waals surface area contributed by atoms with Gasteiger partial charge in [0.1, 0.15) is 5.58 Å². The minimum absolute atomic E-state index is 0.151. The number of aromatic nitrogens is 2. The van der Waals surface area contributed by atoms with Gasteiger partial charge in [0.2, 0.25) is 0 Å². The van der Waals surface area contributed by atoms with E-state index in [0.29, 0.717) is 16.8 Å². The molecule has 0 spiro atoms. The van der Waals surface area contributed by atoms with E-state index >= 15 is 0 Å². The summed E-state index contributed by atoms with van der Waals surface area (Å²) in [5.41, 5.74) is 0.378.